The zero-order valence-corrected chi connectivity index (χ0v) is 13.0. The van der Waals surface area contributed by atoms with Gasteiger partial charge in [-0.1, -0.05) is 6.92 Å². The second kappa shape index (κ2) is 6.71. The van der Waals surface area contributed by atoms with Crippen molar-refractivity contribution in [2.75, 3.05) is 0 Å². The lowest BCUT2D eigenvalue weighted by atomic mass is 10.2. The Morgan fingerprint density at radius 2 is 2.05 bits per heavy atom. The Balaban J connectivity index is 2.13. The highest BCUT2D eigenvalue weighted by Crippen LogP contribution is 2.12. The highest BCUT2D eigenvalue weighted by Gasteiger charge is 2.19. The summed E-state index contributed by atoms with van der Waals surface area (Å²) >= 11 is 0. The smallest absolute Gasteiger partial charge is 0.248 e. The minimum atomic E-state index is -3.65. The van der Waals surface area contributed by atoms with Crippen LogP contribution in [0.25, 0.3) is 0 Å². The Bertz CT molecular complexity index is 724. The number of benzene rings is 1. The van der Waals surface area contributed by atoms with E-state index in [0.29, 0.717) is 13.0 Å². The van der Waals surface area contributed by atoms with Crippen LogP contribution in [0.3, 0.4) is 0 Å². The molecule has 118 valence electrons. The lowest BCUT2D eigenvalue weighted by molar-refractivity contribution is 0.1000. The molecule has 1 aromatic heterocycles. The third kappa shape index (κ3) is 3.92. The van der Waals surface area contributed by atoms with Gasteiger partial charge in [0, 0.05) is 30.5 Å². The first-order valence-electron chi connectivity index (χ1n) is 6.80. The third-order valence-corrected chi connectivity index (χ3v) is 4.79. The number of carbonyl (C=O) groups is 1. The molecule has 2 rings (SSSR count). The number of aromatic nitrogens is 2. The lowest BCUT2D eigenvalue weighted by Crippen LogP contribution is -2.37. The summed E-state index contributed by atoms with van der Waals surface area (Å²) < 4.78 is 29.2. The van der Waals surface area contributed by atoms with E-state index in [1.807, 2.05) is 11.5 Å². The summed E-state index contributed by atoms with van der Waals surface area (Å²) in [6, 6.07) is 5.27. The van der Waals surface area contributed by atoms with Crippen LogP contribution in [0.4, 0.5) is 0 Å². The molecule has 0 saturated heterocycles. The molecule has 0 bridgehead atoms. The monoisotopic (exact) mass is 322 g/mol. The number of nitrogens with zero attached hydrogens (tertiary/aromatic N) is 2. The first-order chi connectivity index (χ1) is 10.4. The average molecular weight is 322 g/mol. The van der Waals surface area contributed by atoms with Gasteiger partial charge in [0.25, 0.3) is 0 Å². The van der Waals surface area contributed by atoms with E-state index in [4.69, 9.17) is 5.73 Å². The number of primary amides is 1. The summed E-state index contributed by atoms with van der Waals surface area (Å²) in [4.78, 5) is 15.0. The fraction of sp³-hybridized carbons (Fsp3) is 0.286. The Kier molecular flexibility index (Phi) is 4.94. The molecule has 0 aliphatic rings. The van der Waals surface area contributed by atoms with Gasteiger partial charge in [0.15, 0.2) is 0 Å². The van der Waals surface area contributed by atoms with Crippen molar-refractivity contribution < 1.29 is 13.2 Å². The van der Waals surface area contributed by atoms with E-state index >= 15 is 0 Å². The molecule has 0 aliphatic carbocycles. The summed E-state index contributed by atoms with van der Waals surface area (Å²) in [5.74, 6) is -0.594. The van der Waals surface area contributed by atoms with Gasteiger partial charge in [-0.3, -0.25) is 4.79 Å². The van der Waals surface area contributed by atoms with E-state index in [0.717, 1.165) is 0 Å². The summed E-state index contributed by atoms with van der Waals surface area (Å²) in [6.07, 6.45) is 5.69. The zero-order chi connectivity index (χ0) is 16.2. The SMILES string of the molecule is CCC(Cn1ccnc1)NS(=O)(=O)c1ccc(C(N)=O)cc1. The molecule has 1 heterocycles. The van der Waals surface area contributed by atoms with Gasteiger partial charge in [-0.05, 0) is 30.7 Å². The van der Waals surface area contributed by atoms with E-state index in [1.54, 1.807) is 18.7 Å². The van der Waals surface area contributed by atoms with Crippen LogP contribution in [0.2, 0.25) is 0 Å². The number of nitrogens with one attached hydrogen (secondary N) is 1. The van der Waals surface area contributed by atoms with Crippen molar-refractivity contribution in [2.45, 2.75) is 30.8 Å². The molecule has 3 N–H and O–H groups in total. The van der Waals surface area contributed by atoms with Crippen molar-refractivity contribution >= 4 is 15.9 Å². The standard InChI is InChI=1S/C14H18N4O3S/c1-2-12(9-18-8-7-16-10-18)17-22(20,21)13-5-3-11(4-6-13)14(15)19/h3-8,10,12,17H,2,9H2,1H3,(H2,15,19). The molecule has 0 spiro atoms. The van der Waals surface area contributed by atoms with Gasteiger partial charge in [-0.2, -0.15) is 0 Å². The van der Waals surface area contributed by atoms with E-state index in [2.05, 4.69) is 9.71 Å². The topological polar surface area (TPSA) is 107 Å². The van der Waals surface area contributed by atoms with Crippen molar-refractivity contribution in [3.63, 3.8) is 0 Å². The lowest BCUT2D eigenvalue weighted by Gasteiger charge is -2.17. The quantitative estimate of drug-likeness (QED) is 0.784. The van der Waals surface area contributed by atoms with E-state index in [-0.39, 0.29) is 16.5 Å². The second-order valence-electron chi connectivity index (χ2n) is 4.87. The number of amides is 1. The molecular formula is C14H18N4O3S. The van der Waals surface area contributed by atoms with Gasteiger partial charge in [0.1, 0.15) is 0 Å². The van der Waals surface area contributed by atoms with Gasteiger partial charge in [-0.15, -0.1) is 0 Å². The Morgan fingerprint density at radius 1 is 1.36 bits per heavy atom. The largest absolute Gasteiger partial charge is 0.366 e. The number of imidazole rings is 1. The maximum atomic E-state index is 12.4. The number of carbonyl (C=O) groups excluding carboxylic acids is 1. The predicted molar refractivity (Wildman–Crippen MR) is 81.6 cm³/mol. The van der Waals surface area contributed by atoms with Gasteiger partial charge < -0.3 is 10.3 Å². The van der Waals surface area contributed by atoms with Crippen LogP contribution in [0.5, 0.6) is 0 Å². The fourth-order valence-corrected chi connectivity index (χ4v) is 3.30. The highest BCUT2D eigenvalue weighted by molar-refractivity contribution is 7.89. The number of hydrogen-bond donors (Lipinski definition) is 2. The maximum absolute atomic E-state index is 12.4. The first kappa shape index (κ1) is 16.2. The van der Waals surface area contributed by atoms with Crippen LogP contribution >= 0.6 is 0 Å². The summed E-state index contributed by atoms with van der Waals surface area (Å²) in [7, 11) is -3.65. The molecule has 22 heavy (non-hydrogen) atoms. The van der Waals surface area contributed by atoms with Crippen molar-refractivity contribution in [3.8, 4) is 0 Å². The molecule has 0 aliphatic heterocycles. The van der Waals surface area contributed by atoms with Gasteiger partial charge >= 0.3 is 0 Å². The fourth-order valence-electron chi connectivity index (χ4n) is 1.98. The Morgan fingerprint density at radius 3 is 2.55 bits per heavy atom. The van der Waals surface area contributed by atoms with E-state index in [1.165, 1.54) is 24.3 Å². The molecule has 1 atom stereocenters. The summed E-state index contributed by atoms with van der Waals surface area (Å²) in [5, 5.41) is 0. The molecule has 0 saturated carbocycles. The predicted octanol–water partition coefficient (Wildman–Crippen LogP) is 0.739. The molecule has 7 nitrogen and oxygen atoms in total. The van der Waals surface area contributed by atoms with Gasteiger partial charge in [0.2, 0.25) is 15.9 Å². The minimum absolute atomic E-state index is 0.0987. The molecule has 8 heteroatoms. The first-order valence-corrected chi connectivity index (χ1v) is 8.28. The Hall–Kier alpha value is -2.19. The van der Waals surface area contributed by atoms with Crippen LogP contribution in [0, 0.1) is 0 Å². The number of hydrogen-bond acceptors (Lipinski definition) is 4. The van der Waals surface area contributed by atoms with Crippen molar-refractivity contribution in [2.24, 2.45) is 5.73 Å². The summed E-state index contributed by atoms with van der Waals surface area (Å²) in [6.45, 7) is 2.40. The van der Waals surface area contributed by atoms with Gasteiger partial charge in [0.05, 0.1) is 11.2 Å². The van der Waals surface area contributed by atoms with Crippen LogP contribution in [0.15, 0.2) is 47.9 Å². The number of rotatable bonds is 7. The normalized spacial score (nSPS) is 13.0. The summed E-state index contributed by atoms with van der Waals surface area (Å²) in [5.41, 5.74) is 5.41. The minimum Gasteiger partial charge on any atom is -0.366 e. The number of sulfonamides is 1. The van der Waals surface area contributed by atoms with Crippen LogP contribution < -0.4 is 10.5 Å². The third-order valence-electron chi connectivity index (χ3n) is 3.25. The van der Waals surface area contributed by atoms with Gasteiger partial charge in [-0.25, -0.2) is 18.1 Å². The molecule has 1 amide bonds. The molecule has 1 aromatic carbocycles. The van der Waals surface area contributed by atoms with Crippen LogP contribution in [-0.4, -0.2) is 29.9 Å². The van der Waals surface area contributed by atoms with E-state index < -0.39 is 15.9 Å². The van der Waals surface area contributed by atoms with Crippen LogP contribution in [0.1, 0.15) is 23.7 Å². The average Bonchev–Trinajstić information content (AvgIpc) is 2.99. The van der Waals surface area contributed by atoms with E-state index in [9.17, 15) is 13.2 Å². The highest BCUT2D eigenvalue weighted by atomic mass is 32.2. The van der Waals surface area contributed by atoms with Crippen molar-refractivity contribution in [1.29, 1.82) is 0 Å². The molecular weight excluding hydrogens is 304 g/mol. The van der Waals surface area contributed by atoms with Crippen molar-refractivity contribution in [3.05, 3.63) is 48.5 Å². The molecule has 0 fully saturated rings. The Labute approximate surface area is 129 Å². The van der Waals surface area contributed by atoms with Crippen molar-refractivity contribution in [1.82, 2.24) is 14.3 Å². The molecule has 1 unspecified atom stereocenters. The van der Waals surface area contributed by atoms with Crippen LogP contribution in [-0.2, 0) is 16.6 Å². The molecule has 2 aromatic rings. The molecule has 0 radical (unpaired) electrons. The number of nitrogens with two attached hydrogens (primary N) is 1. The maximum Gasteiger partial charge on any atom is 0.248 e. The zero-order valence-electron chi connectivity index (χ0n) is 12.1. The second-order valence-corrected chi connectivity index (χ2v) is 6.59.